The summed E-state index contributed by atoms with van der Waals surface area (Å²) in [5.74, 6) is -0.207. The summed E-state index contributed by atoms with van der Waals surface area (Å²) in [6, 6.07) is 8.92. The molecule has 2 amide bonds. The van der Waals surface area contributed by atoms with E-state index in [-0.39, 0.29) is 24.3 Å². The van der Waals surface area contributed by atoms with Gasteiger partial charge in [0, 0.05) is 24.0 Å². The molecule has 1 aliphatic heterocycles. The van der Waals surface area contributed by atoms with Crippen LogP contribution in [0.3, 0.4) is 0 Å². The number of nitrogens with zero attached hydrogens (tertiary/aromatic N) is 2. The SMILES string of the molecule is O=C(Nc1nc(CC(=O)N2CCC(O)CC2)cs1)c1ccccc1. The molecule has 1 saturated heterocycles. The average molecular weight is 345 g/mol. The third kappa shape index (κ3) is 4.18. The minimum atomic E-state index is -0.298. The van der Waals surface area contributed by atoms with Crippen LogP contribution in [-0.4, -0.2) is 46.0 Å². The molecular formula is C17H19N3O3S. The highest BCUT2D eigenvalue weighted by molar-refractivity contribution is 7.14. The maximum Gasteiger partial charge on any atom is 0.257 e. The number of likely N-dealkylation sites (tertiary alicyclic amines) is 1. The minimum Gasteiger partial charge on any atom is -0.393 e. The first-order valence-electron chi connectivity index (χ1n) is 7.88. The maximum atomic E-state index is 12.2. The van der Waals surface area contributed by atoms with Crippen molar-refractivity contribution >= 4 is 28.3 Å². The number of carbonyl (C=O) groups excluding carboxylic acids is 2. The highest BCUT2D eigenvalue weighted by atomic mass is 32.1. The monoisotopic (exact) mass is 345 g/mol. The third-order valence-electron chi connectivity index (χ3n) is 3.96. The van der Waals surface area contributed by atoms with Gasteiger partial charge in [-0.25, -0.2) is 4.98 Å². The molecule has 1 aromatic carbocycles. The van der Waals surface area contributed by atoms with Crippen LogP contribution >= 0.6 is 11.3 Å². The molecule has 0 unspecified atom stereocenters. The molecule has 2 N–H and O–H groups in total. The van der Waals surface area contributed by atoms with E-state index in [1.807, 2.05) is 6.07 Å². The van der Waals surface area contributed by atoms with E-state index in [2.05, 4.69) is 10.3 Å². The van der Waals surface area contributed by atoms with Crippen LogP contribution in [0.25, 0.3) is 0 Å². The van der Waals surface area contributed by atoms with E-state index in [0.717, 1.165) is 0 Å². The number of amides is 2. The lowest BCUT2D eigenvalue weighted by Gasteiger charge is -2.29. The first kappa shape index (κ1) is 16.6. The van der Waals surface area contributed by atoms with Crippen molar-refractivity contribution in [3.8, 4) is 0 Å². The standard InChI is InChI=1S/C17H19N3O3S/c21-14-6-8-20(9-7-14)15(22)10-13-11-24-17(18-13)19-16(23)12-4-2-1-3-5-12/h1-5,11,14,21H,6-10H2,(H,18,19,23). The molecule has 0 spiro atoms. The molecule has 0 bridgehead atoms. The van der Waals surface area contributed by atoms with Crippen molar-refractivity contribution in [1.29, 1.82) is 0 Å². The number of aromatic nitrogens is 1. The van der Waals surface area contributed by atoms with E-state index in [4.69, 9.17) is 0 Å². The van der Waals surface area contributed by atoms with Crippen LogP contribution in [0.4, 0.5) is 5.13 Å². The summed E-state index contributed by atoms with van der Waals surface area (Å²) in [6.07, 6.45) is 1.17. The number of thiazole rings is 1. The number of anilines is 1. The van der Waals surface area contributed by atoms with Gasteiger partial charge in [-0.1, -0.05) is 18.2 Å². The highest BCUT2D eigenvalue weighted by Gasteiger charge is 2.22. The van der Waals surface area contributed by atoms with Crippen molar-refractivity contribution in [2.24, 2.45) is 0 Å². The van der Waals surface area contributed by atoms with Crippen LogP contribution in [0.15, 0.2) is 35.7 Å². The molecule has 1 aromatic heterocycles. The van der Waals surface area contributed by atoms with Crippen LogP contribution in [0.1, 0.15) is 28.9 Å². The molecule has 3 rings (SSSR count). The Hall–Kier alpha value is -2.25. The molecule has 0 saturated carbocycles. The first-order chi connectivity index (χ1) is 11.6. The van der Waals surface area contributed by atoms with Crippen LogP contribution in [0.2, 0.25) is 0 Å². The van der Waals surface area contributed by atoms with Crippen LogP contribution in [0.5, 0.6) is 0 Å². The first-order valence-corrected chi connectivity index (χ1v) is 8.76. The van der Waals surface area contributed by atoms with Crippen molar-refractivity contribution in [3.63, 3.8) is 0 Å². The van der Waals surface area contributed by atoms with E-state index in [9.17, 15) is 14.7 Å². The fourth-order valence-electron chi connectivity index (χ4n) is 2.59. The zero-order valence-electron chi connectivity index (χ0n) is 13.1. The Morgan fingerprint density at radius 1 is 1.25 bits per heavy atom. The molecule has 7 heteroatoms. The number of aliphatic hydroxyl groups is 1. The van der Waals surface area contributed by atoms with E-state index in [1.165, 1.54) is 11.3 Å². The smallest absolute Gasteiger partial charge is 0.257 e. The lowest BCUT2D eigenvalue weighted by atomic mass is 10.1. The normalized spacial score (nSPS) is 15.3. The van der Waals surface area contributed by atoms with Crippen molar-refractivity contribution < 1.29 is 14.7 Å². The van der Waals surface area contributed by atoms with Crippen LogP contribution in [0, 0.1) is 0 Å². The Balaban J connectivity index is 1.55. The molecule has 0 radical (unpaired) electrons. The van der Waals surface area contributed by atoms with Gasteiger partial charge in [0.1, 0.15) is 0 Å². The van der Waals surface area contributed by atoms with E-state index in [1.54, 1.807) is 34.5 Å². The van der Waals surface area contributed by atoms with Gasteiger partial charge in [0.15, 0.2) is 5.13 Å². The number of hydrogen-bond donors (Lipinski definition) is 2. The van der Waals surface area contributed by atoms with Crippen molar-refractivity contribution in [3.05, 3.63) is 47.0 Å². The Morgan fingerprint density at radius 3 is 2.67 bits per heavy atom. The minimum absolute atomic E-state index is 0.00753. The summed E-state index contributed by atoms with van der Waals surface area (Å²) in [5.41, 5.74) is 1.22. The Kier molecular flexibility index (Phi) is 5.22. The molecule has 2 aromatic rings. The summed E-state index contributed by atoms with van der Waals surface area (Å²) >= 11 is 1.31. The molecule has 2 heterocycles. The second-order valence-electron chi connectivity index (χ2n) is 5.75. The zero-order chi connectivity index (χ0) is 16.9. The molecule has 0 atom stereocenters. The predicted octanol–water partition coefficient (Wildman–Crippen LogP) is 1.92. The van der Waals surface area contributed by atoms with Gasteiger partial charge in [-0.15, -0.1) is 11.3 Å². The van der Waals surface area contributed by atoms with E-state index in [0.29, 0.717) is 42.3 Å². The molecule has 0 aliphatic carbocycles. The second kappa shape index (κ2) is 7.55. The average Bonchev–Trinajstić information content (AvgIpc) is 3.03. The predicted molar refractivity (Wildman–Crippen MR) is 92.0 cm³/mol. The number of nitrogens with one attached hydrogen (secondary N) is 1. The lowest BCUT2D eigenvalue weighted by Crippen LogP contribution is -2.40. The van der Waals surface area contributed by atoms with Gasteiger partial charge < -0.3 is 10.0 Å². The third-order valence-corrected chi connectivity index (χ3v) is 4.76. The van der Waals surface area contributed by atoms with Gasteiger partial charge in [0.05, 0.1) is 18.2 Å². The van der Waals surface area contributed by atoms with E-state index < -0.39 is 0 Å². The number of carbonyl (C=O) groups is 2. The van der Waals surface area contributed by atoms with Gasteiger partial charge in [-0.05, 0) is 25.0 Å². The summed E-state index contributed by atoms with van der Waals surface area (Å²) < 4.78 is 0. The number of rotatable bonds is 4. The molecule has 1 aliphatic rings. The van der Waals surface area contributed by atoms with Gasteiger partial charge >= 0.3 is 0 Å². The Bertz CT molecular complexity index is 709. The summed E-state index contributed by atoms with van der Waals surface area (Å²) in [7, 11) is 0. The van der Waals surface area contributed by atoms with Crippen LogP contribution in [-0.2, 0) is 11.2 Å². The van der Waals surface area contributed by atoms with Gasteiger partial charge in [-0.2, -0.15) is 0 Å². The number of aliphatic hydroxyl groups excluding tert-OH is 1. The van der Waals surface area contributed by atoms with E-state index >= 15 is 0 Å². The fraction of sp³-hybridized carbons (Fsp3) is 0.353. The molecule has 24 heavy (non-hydrogen) atoms. The van der Waals surface area contributed by atoms with Gasteiger partial charge in [0.25, 0.3) is 5.91 Å². The maximum absolute atomic E-state index is 12.2. The quantitative estimate of drug-likeness (QED) is 0.887. The fourth-order valence-corrected chi connectivity index (χ4v) is 3.29. The van der Waals surface area contributed by atoms with Gasteiger partial charge in [0.2, 0.25) is 5.91 Å². The largest absolute Gasteiger partial charge is 0.393 e. The van der Waals surface area contributed by atoms with Crippen molar-refractivity contribution in [1.82, 2.24) is 9.88 Å². The van der Waals surface area contributed by atoms with Gasteiger partial charge in [-0.3, -0.25) is 14.9 Å². The highest BCUT2D eigenvalue weighted by Crippen LogP contribution is 2.18. The van der Waals surface area contributed by atoms with Crippen molar-refractivity contribution in [2.75, 3.05) is 18.4 Å². The molecule has 126 valence electrons. The van der Waals surface area contributed by atoms with Crippen molar-refractivity contribution in [2.45, 2.75) is 25.4 Å². The van der Waals surface area contributed by atoms with Crippen LogP contribution < -0.4 is 5.32 Å². The summed E-state index contributed by atoms with van der Waals surface area (Å²) in [4.78, 5) is 30.4. The zero-order valence-corrected chi connectivity index (χ0v) is 14.0. The molecular weight excluding hydrogens is 326 g/mol. The second-order valence-corrected chi connectivity index (χ2v) is 6.61. The number of benzene rings is 1. The molecule has 1 fully saturated rings. The number of piperidine rings is 1. The topological polar surface area (TPSA) is 82.5 Å². The Morgan fingerprint density at radius 2 is 1.96 bits per heavy atom. The number of hydrogen-bond acceptors (Lipinski definition) is 5. The lowest BCUT2D eigenvalue weighted by molar-refractivity contribution is -0.132. The molecule has 6 nitrogen and oxygen atoms in total. The summed E-state index contributed by atoms with van der Waals surface area (Å²) in [5, 5.41) is 14.5. The Labute approximate surface area is 144 Å². The summed E-state index contributed by atoms with van der Waals surface area (Å²) in [6.45, 7) is 1.17.